The minimum atomic E-state index is -0.531. The molecule has 3 N–H and O–H groups in total. The summed E-state index contributed by atoms with van der Waals surface area (Å²) in [4.78, 5) is 13.6. The molecule has 0 bridgehead atoms. The number of nitrogens with one attached hydrogen (secondary N) is 1. The number of thiophene rings is 1. The van der Waals surface area contributed by atoms with Crippen LogP contribution in [0, 0.1) is 0 Å². The van der Waals surface area contributed by atoms with Crippen molar-refractivity contribution in [1.29, 1.82) is 0 Å². The minimum absolute atomic E-state index is 0.0293. The number of carbonyl (C=O) groups excluding carboxylic acids is 1. The van der Waals surface area contributed by atoms with Crippen LogP contribution in [-0.4, -0.2) is 37.4 Å². The standard InChI is InChI=1S/C22H16N8O2S/c23-20-21(28-32-27-20)30-19(17-7-4-12-33-17)18(25-29-30)22(31)26-24-13-14-8-10-16(11-9-14)15-5-2-1-3-6-15/h1-13H,(H2,23,27)(H,26,31). The third-order valence-electron chi connectivity index (χ3n) is 4.73. The molecule has 33 heavy (non-hydrogen) atoms. The number of nitrogens with two attached hydrogens (primary N) is 1. The van der Waals surface area contributed by atoms with Crippen LogP contribution in [0.3, 0.4) is 0 Å². The Bertz CT molecular complexity index is 1410. The third kappa shape index (κ3) is 4.12. The molecule has 0 radical (unpaired) electrons. The van der Waals surface area contributed by atoms with Crippen LogP contribution in [-0.2, 0) is 0 Å². The fourth-order valence-electron chi connectivity index (χ4n) is 3.17. The van der Waals surface area contributed by atoms with Gasteiger partial charge in [0, 0.05) is 0 Å². The van der Waals surface area contributed by atoms with E-state index in [9.17, 15) is 4.79 Å². The molecule has 0 saturated heterocycles. The van der Waals surface area contributed by atoms with Crippen LogP contribution in [0.1, 0.15) is 16.1 Å². The Morgan fingerprint density at radius 1 is 1.03 bits per heavy atom. The first-order valence-electron chi connectivity index (χ1n) is 9.77. The molecule has 0 saturated carbocycles. The average molecular weight is 456 g/mol. The Kier molecular flexibility index (Phi) is 5.43. The molecule has 0 aliphatic carbocycles. The number of hydrogen-bond acceptors (Lipinski definition) is 9. The van der Waals surface area contributed by atoms with Crippen molar-refractivity contribution in [2.45, 2.75) is 0 Å². The van der Waals surface area contributed by atoms with Crippen LogP contribution in [0.2, 0.25) is 0 Å². The molecule has 1 amide bonds. The smallest absolute Gasteiger partial charge is 0.294 e. The number of hydrogen-bond donors (Lipinski definition) is 2. The third-order valence-corrected chi connectivity index (χ3v) is 5.61. The van der Waals surface area contributed by atoms with Crippen molar-refractivity contribution in [2.24, 2.45) is 5.10 Å². The second kappa shape index (κ2) is 8.85. The van der Waals surface area contributed by atoms with Gasteiger partial charge in [-0.2, -0.15) is 9.78 Å². The number of aromatic nitrogens is 5. The van der Waals surface area contributed by atoms with Crippen molar-refractivity contribution >= 4 is 29.3 Å². The zero-order chi connectivity index (χ0) is 22.6. The van der Waals surface area contributed by atoms with Gasteiger partial charge in [0.1, 0.15) is 5.69 Å². The van der Waals surface area contributed by atoms with E-state index in [2.05, 4.69) is 35.8 Å². The van der Waals surface area contributed by atoms with Crippen molar-refractivity contribution in [3.05, 3.63) is 83.4 Å². The van der Waals surface area contributed by atoms with E-state index in [1.165, 1.54) is 16.0 Å². The first-order valence-corrected chi connectivity index (χ1v) is 10.7. The zero-order valence-corrected chi connectivity index (χ0v) is 17.8. The zero-order valence-electron chi connectivity index (χ0n) is 17.0. The number of carbonyl (C=O) groups is 1. The molecule has 0 spiro atoms. The predicted molar refractivity (Wildman–Crippen MR) is 124 cm³/mol. The summed E-state index contributed by atoms with van der Waals surface area (Å²) in [6, 6.07) is 21.6. The first kappa shape index (κ1) is 20.3. The quantitative estimate of drug-likeness (QED) is 0.295. The van der Waals surface area contributed by atoms with Gasteiger partial charge >= 0.3 is 0 Å². The molecule has 162 valence electrons. The number of nitrogen functional groups attached to an aromatic ring is 1. The summed E-state index contributed by atoms with van der Waals surface area (Å²) >= 11 is 1.41. The molecule has 0 aliphatic rings. The highest BCUT2D eigenvalue weighted by Crippen LogP contribution is 2.29. The van der Waals surface area contributed by atoms with Crippen molar-refractivity contribution in [3.63, 3.8) is 0 Å². The van der Waals surface area contributed by atoms with E-state index in [0.717, 1.165) is 21.6 Å². The molecule has 10 nitrogen and oxygen atoms in total. The van der Waals surface area contributed by atoms with Gasteiger partial charge in [-0.1, -0.05) is 65.9 Å². The number of benzene rings is 2. The monoisotopic (exact) mass is 456 g/mol. The van der Waals surface area contributed by atoms with Crippen molar-refractivity contribution in [2.75, 3.05) is 5.73 Å². The molecule has 0 fully saturated rings. The van der Waals surface area contributed by atoms with Crippen LogP contribution >= 0.6 is 11.3 Å². The van der Waals surface area contributed by atoms with E-state index in [1.807, 2.05) is 72.1 Å². The van der Waals surface area contributed by atoms with Crippen LogP contribution in [0.5, 0.6) is 0 Å². The second-order valence-electron chi connectivity index (χ2n) is 6.84. The van der Waals surface area contributed by atoms with Gasteiger partial charge < -0.3 is 5.73 Å². The van der Waals surface area contributed by atoms with E-state index < -0.39 is 5.91 Å². The highest BCUT2D eigenvalue weighted by atomic mass is 32.1. The lowest BCUT2D eigenvalue weighted by Gasteiger charge is -2.03. The van der Waals surface area contributed by atoms with Crippen LogP contribution < -0.4 is 11.2 Å². The first-order chi connectivity index (χ1) is 16.2. The molecule has 3 heterocycles. The SMILES string of the molecule is Nc1nonc1-n1nnc(C(=O)NN=Cc2ccc(-c3ccccc3)cc2)c1-c1cccs1. The normalized spacial score (nSPS) is 11.2. The van der Waals surface area contributed by atoms with Gasteiger partial charge in [0.2, 0.25) is 11.6 Å². The van der Waals surface area contributed by atoms with Gasteiger partial charge in [-0.25, -0.2) is 10.1 Å². The van der Waals surface area contributed by atoms with Crippen LogP contribution in [0.15, 0.2) is 81.8 Å². The summed E-state index contributed by atoms with van der Waals surface area (Å²) in [5, 5.41) is 21.3. The lowest BCUT2D eigenvalue weighted by atomic mass is 10.0. The largest absolute Gasteiger partial charge is 0.378 e. The Balaban J connectivity index is 1.36. The summed E-state index contributed by atoms with van der Waals surface area (Å²) in [5.41, 5.74) is 11.8. The maximum absolute atomic E-state index is 12.8. The lowest BCUT2D eigenvalue weighted by Crippen LogP contribution is -2.19. The Morgan fingerprint density at radius 2 is 1.82 bits per heavy atom. The van der Waals surface area contributed by atoms with Gasteiger partial charge in [0.05, 0.1) is 11.1 Å². The summed E-state index contributed by atoms with van der Waals surface area (Å²) in [5.74, 6) is -0.356. The van der Waals surface area contributed by atoms with Gasteiger partial charge in [0.15, 0.2) is 5.69 Å². The maximum Gasteiger partial charge on any atom is 0.294 e. The van der Waals surface area contributed by atoms with E-state index in [0.29, 0.717) is 5.69 Å². The van der Waals surface area contributed by atoms with Crippen LogP contribution in [0.4, 0.5) is 5.82 Å². The topological polar surface area (TPSA) is 137 Å². The summed E-state index contributed by atoms with van der Waals surface area (Å²) in [7, 11) is 0. The number of hydrazone groups is 1. The van der Waals surface area contributed by atoms with Crippen LogP contribution in [0.25, 0.3) is 27.5 Å². The van der Waals surface area contributed by atoms with Crippen molar-refractivity contribution < 1.29 is 9.42 Å². The van der Waals surface area contributed by atoms with E-state index in [1.54, 1.807) is 6.21 Å². The molecule has 11 heteroatoms. The van der Waals surface area contributed by atoms with Gasteiger partial charge in [0.25, 0.3) is 5.91 Å². The second-order valence-corrected chi connectivity index (χ2v) is 7.78. The highest BCUT2D eigenvalue weighted by molar-refractivity contribution is 7.13. The molecule has 3 aromatic heterocycles. The molecular weight excluding hydrogens is 440 g/mol. The van der Waals surface area contributed by atoms with E-state index >= 15 is 0 Å². The van der Waals surface area contributed by atoms with Gasteiger partial charge in [-0.05, 0) is 38.5 Å². The predicted octanol–water partition coefficient (Wildman–Crippen LogP) is 3.39. The van der Waals surface area contributed by atoms with Crippen molar-refractivity contribution in [1.82, 2.24) is 30.7 Å². The fraction of sp³-hybridized carbons (Fsp3) is 0. The van der Waals surface area contributed by atoms with E-state index in [-0.39, 0.29) is 17.3 Å². The molecule has 2 aromatic carbocycles. The lowest BCUT2D eigenvalue weighted by molar-refractivity contribution is 0.0951. The Morgan fingerprint density at radius 3 is 2.52 bits per heavy atom. The molecule has 0 aliphatic heterocycles. The van der Waals surface area contributed by atoms with Crippen molar-refractivity contribution in [3.8, 4) is 27.5 Å². The molecule has 5 rings (SSSR count). The summed E-state index contributed by atoms with van der Waals surface area (Å²) in [6.07, 6.45) is 1.56. The molecular formula is C22H16N8O2S. The van der Waals surface area contributed by atoms with Gasteiger partial charge in [-0.15, -0.1) is 16.4 Å². The number of amides is 1. The fourth-order valence-corrected chi connectivity index (χ4v) is 3.92. The number of rotatable bonds is 6. The number of anilines is 1. The highest BCUT2D eigenvalue weighted by Gasteiger charge is 2.25. The number of nitrogens with zero attached hydrogens (tertiary/aromatic N) is 6. The summed E-state index contributed by atoms with van der Waals surface area (Å²) < 4.78 is 5.98. The molecule has 5 aromatic rings. The molecule has 0 unspecified atom stereocenters. The average Bonchev–Trinajstić information content (AvgIpc) is 3.60. The van der Waals surface area contributed by atoms with Gasteiger partial charge in [-0.3, -0.25) is 4.79 Å². The Labute approximate surface area is 191 Å². The minimum Gasteiger partial charge on any atom is -0.378 e. The maximum atomic E-state index is 12.8. The molecule has 0 atom stereocenters. The summed E-state index contributed by atoms with van der Waals surface area (Å²) in [6.45, 7) is 0. The van der Waals surface area contributed by atoms with E-state index in [4.69, 9.17) is 5.73 Å². The Hall–Kier alpha value is -4.64.